The predicted octanol–water partition coefficient (Wildman–Crippen LogP) is 2.51. The number of aliphatic carboxylic acids is 1. The van der Waals surface area contributed by atoms with Crippen molar-refractivity contribution in [3.8, 4) is 0 Å². The zero-order valence-corrected chi connectivity index (χ0v) is 12.2. The zero-order chi connectivity index (χ0) is 15.2. The largest absolute Gasteiger partial charge is 0.478 e. The first-order valence-corrected chi connectivity index (χ1v) is 7.09. The Balaban J connectivity index is 2.01. The summed E-state index contributed by atoms with van der Waals surface area (Å²) in [5.41, 5.74) is 1.36. The van der Waals surface area contributed by atoms with E-state index < -0.39 is 5.97 Å². The normalized spacial score (nSPS) is 10.7. The summed E-state index contributed by atoms with van der Waals surface area (Å²) < 4.78 is 0. The van der Waals surface area contributed by atoms with Gasteiger partial charge in [-0.25, -0.2) is 4.79 Å². The van der Waals surface area contributed by atoms with Crippen molar-refractivity contribution in [2.75, 3.05) is 7.05 Å². The second-order valence-corrected chi connectivity index (χ2v) is 5.35. The molecule has 0 aliphatic rings. The van der Waals surface area contributed by atoms with Gasteiger partial charge in [0.25, 0.3) is 5.91 Å². The average molecular weight is 302 g/mol. The second kappa shape index (κ2) is 6.81. The van der Waals surface area contributed by atoms with Crippen LogP contribution in [0.2, 0.25) is 0 Å². The van der Waals surface area contributed by atoms with Crippen molar-refractivity contribution in [2.24, 2.45) is 0 Å². The molecule has 2 heterocycles. The molecule has 0 atom stereocenters. The summed E-state index contributed by atoms with van der Waals surface area (Å²) in [4.78, 5) is 29.1. The number of amides is 1. The molecule has 0 aliphatic heterocycles. The molecule has 1 amide bonds. The van der Waals surface area contributed by atoms with E-state index in [1.807, 2.05) is 11.4 Å². The molecule has 6 heteroatoms. The van der Waals surface area contributed by atoms with E-state index in [1.165, 1.54) is 17.4 Å². The van der Waals surface area contributed by atoms with Gasteiger partial charge in [0.2, 0.25) is 0 Å². The Morgan fingerprint density at radius 2 is 2.24 bits per heavy atom. The fraction of sp³-hybridized carbons (Fsp3) is 0.133. The zero-order valence-electron chi connectivity index (χ0n) is 11.4. The molecule has 2 aromatic rings. The monoisotopic (exact) mass is 302 g/mol. The summed E-state index contributed by atoms with van der Waals surface area (Å²) in [5.74, 6) is -1.13. The molecule has 0 radical (unpaired) electrons. The van der Waals surface area contributed by atoms with Crippen LogP contribution in [-0.2, 0) is 11.3 Å². The number of hydrogen-bond donors (Lipinski definition) is 1. The molecule has 1 N–H and O–H groups in total. The first-order chi connectivity index (χ1) is 10.1. The maximum absolute atomic E-state index is 12.1. The standard InChI is InChI=1S/C15H14N2O3S/c1-17(15(20)13-4-2-3-7-16-13)9-11-8-12(21-10-11)5-6-14(18)19/h2-8,10H,9H2,1H3,(H,18,19). The van der Waals surface area contributed by atoms with Gasteiger partial charge in [0, 0.05) is 30.7 Å². The van der Waals surface area contributed by atoms with Crippen LogP contribution >= 0.6 is 11.3 Å². The Hall–Kier alpha value is -2.47. The van der Waals surface area contributed by atoms with Gasteiger partial charge in [-0.15, -0.1) is 11.3 Å². The van der Waals surface area contributed by atoms with Crippen LogP contribution in [0, 0.1) is 0 Å². The van der Waals surface area contributed by atoms with Crippen LogP contribution in [0.25, 0.3) is 6.08 Å². The van der Waals surface area contributed by atoms with Crippen molar-refractivity contribution in [3.63, 3.8) is 0 Å². The number of hydrogen-bond acceptors (Lipinski definition) is 4. The summed E-state index contributed by atoms with van der Waals surface area (Å²) in [6.45, 7) is 0.451. The third-order valence-corrected chi connectivity index (χ3v) is 3.66. The predicted molar refractivity (Wildman–Crippen MR) is 81.0 cm³/mol. The summed E-state index contributed by atoms with van der Waals surface area (Å²) in [6, 6.07) is 7.07. The van der Waals surface area contributed by atoms with Crippen molar-refractivity contribution in [2.45, 2.75) is 6.54 Å². The number of pyridine rings is 1. The van der Waals surface area contributed by atoms with Crippen molar-refractivity contribution in [1.82, 2.24) is 9.88 Å². The molecule has 0 fully saturated rings. The van der Waals surface area contributed by atoms with Crippen LogP contribution in [-0.4, -0.2) is 33.9 Å². The molecule has 0 aromatic carbocycles. The van der Waals surface area contributed by atoms with Gasteiger partial charge < -0.3 is 10.0 Å². The molecule has 21 heavy (non-hydrogen) atoms. The number of carbonyl (C=O) groups excluding carboxylic acids is 1. The topological polar surface area (TPSA) is 70.5 Å². The van der Waals surface area contributed by atoms with Crippen molar-refractivity contribution in [1.29, 1.82) is 0 Å². The van der Waals surface area contributed by atoms with Gasteiger partial charge in [0.15, 0.2) is 0 Å². The highest BCUT2D eigenvalue weighted by Crippen LogP contribution is 2.18. The number of rotatable bonds is 5. The minimum absolute atomic E-state index is 0.149. The van der Waals surface area contributed by atoms with Gasteiger partial charge >= 0.3 is 5.97 Å². The van der Waals surface area contributed by atoms with Crippen LogP contribution in [0.4, 0.5) is 0 Å². The molecule has 0 spiro atoms. The van der Waals surface area contributed by atoms with Gasteiger partial charge in [-0.3, -0.25) is 9.78 Å². The van der Waals surface area contributed by atoms with Gasteiger partial charge in [-0.2, -0.15) is 0 Å². The molecule has 0 unspecified atom stereocenters. The summed E-state index contributed by atoms with van der Waals surface area (Å²) in [6.07, 6.45) is 4.22. The Bertz CT molecular complexity index is 665. The van der Waals surface area contributed by atoms with E-state index in [-0.39, 0.29) is 5.91 Å². The highest BCUT2D eigenvalue weighted by Gasteiger charge is 2.13. The highest BCUT2D eigenvalue weighted by atomic mass is 32.1. The van der Waals surface area contributed by atoms with E-state index in [2.05, 4.69) is 4.98 Å². The fourth-order valence-corrected chi connectivity index (χ4v) is 2.54. The number of carboxylic acids is 1. The lowest BCUT2D eigenvalue weighted by Gasteiger charge is -2.15. The maximum Gasteiger partial charge on any atom is 0.328 e. The number of thiophene rings is 1. The van der Waals surface area contributed by atoms with E-state index in [4.69, 9.17) is 5.11 Å². The van der Waals surface area contributed by atoms with Crippen LogP contribution in [0.3, 0.4) is 0 Å². The number of carboxylic acid groups (broad SMARTS) is 1. The molecule has 2 rings (SSSR count). The fourth-order valence-electron chi connectivity index (χ4n) is 1.75. The van der Waals surface area contributed by atoms with Crippen molar-refractivity contribution >= 4 is 29.3 Å². The Kier molecular flexibility index (Phi) is 4.84. The summed E-state index contributed by atoms with van der Waals surface area (Å²) >= 11 is 1.44. The van der Waals surface area contributed by atoms with Crippen LogP contribution in [0.15, 0.2) is 41.9 Å². The molecule has 5 nitrogen and oxygen atoms in total. The number of nitrogens with zero attached hydrogens (tertiary/aromatic N) is 2. The lowest BCUT2D eigenvalue weighted by molar-refractivity contribution is -0.131. The van der Waals surface area contributed by atoms with E-state index in [0.29, 0.717) is 12.2 Å². The molecule has 0 saturated heterocycles. The Labute approximate surface area is 126 Å². The SMILES string of the molecule is CN(Cc1csc(C=CC(=O)O)c1)C(=O)c1ccccn1. The third kappa shape index (κ3) is 4.25. The molecule has 2 aromatic heterocycles. The van der Waals surface area contributed by atoms with E-state index in [9.17, 15) is 9.59 Å². The van der Waals surface area contributed by atoms with Gasteiger partial charge in [0.1, 0.15) is 5.69 Å². The minimum Gasteiger partial charge on any atom is -0.478 e. The molecular weight excluding hydrogens is 288 g/mol. The minimum atomic E-state index is -0.979. The maximum atomic E-state index is 12.1. The third-order valence-electron chi connectivity index (χ3n) is 2.71. The first kappa shape index (κ1) is 14.9. The number of carbonyl (C=O) groups is 2. The molecule has 108 valence electrons. The van der Waals surface area contributed by atoms with Crippen LogP contribution < -0.4 is 0 Å². The molecule has 0 saturated carbocycles. The molecule has 0 aliphatic carbocycles. The van der Waals surface area contributed by atoms with Crippen LogP contribution in [0.5, 0.6) is 0 Å². The van der Waals surface area contributed by atoms with Gasteiger partial charge in [0.05, 0.1) is 0 Å². The van der Waals surface area contributed by atoms with Gasteiger partial charge in [-0.05, 0) is 35.2 Å². The van der Waals surface area contributed by atoms with Crippen LogP contribution in [0.1, 0.15) is 20.9 Å². The summed E-state index contributed by atoms with van der Waals surface area (Å²) in [5, 5.41) is 10.5. The van der Waals surface area contributed by atoms with E-state index >= 15 is 0 Å². The van der Waals surface area contributed by atoms with Crippen molar-refractivity contribution in [3.05, 3.63) is 58.1 Å². The second-order valence-electron chi connectivity index (χ2n) is 4.41. The lowest BCUT2D eigenvalue weighted by Crippen LogP contribution is -2.26. The van der Waals surface area contributed by atoms with Gasteiger partial charge in [-0.1, -0.05) is 6.07 Å². The van der Waals surface area contributed by atoms with E-state index in [1.54, 1.807) is 36.3 Å². The Morgan fingerprint density at radius 1 is 1.43 bits per heavy atom. The highest BCUT2D eigenvalue weighted by molar-refractivity contribution is 7.11. The summed E-state index contributed by atoms with van der Waals surface area (Å²) in [7, 11) is 1.71. The lowest BCUT2D eigenvalue weighted by atomic mass is 10.2. The molecular formula is C15H14N2O3S. The first-order valence-electron chi connectivity index (χ1n) is 6.21. The van der Waals surface area contributed by atoms with E-state index in [0.717, 1.165) is 16.5 Å². The molecule has 0 bridgehead atoms. The van der Waals surface area contributed by atoms with Crippen molar-refractivity contribution < 1.29 is 14.7 Å². The quantitative estimate of drug-likeness (QED) is 0.862. The Morgan fingerprint density at radius 3 is 2.90 bits per heavy atom. The average Bonchev–Trinajstić information content (AvgIpc) is 2.92. The smallest absolute Gasteiger partial charge is 0.328 e. The number of aromatic nitrogens is 1.